The van der Waals surface area contributed by atoms with Crippen molar-refractivity contribution in [2.24, 2.45) is 17.8 Å². The van der Waals surface area contributed by atoms with Crippen molar-refractivity contribution < 1.29 is 23.9 Å². The van der Waals surface area contributed by atoms with Crippen LogP contribution in [0.2, 0.25) is 0 Å². The lowest BCUT2D eigenvalue weighted by Crippen LogP contribution is -2.38. The first kappa shape index (κ1) is 18.7. The summed E-state index contributed by atoms with van der Waals surface area (Å²) < 4.78 is 11.6. The predicted molar refractivity (Wildman–Crippen MR) is 102 cm³/mol. The first-order valence-electron chi connectivity index (χ1n) is 9.73. The number of ether oxygens (including phenoxy) is 2. The van der Waals surface area contributed by atoms with Crippen LogP contribution in [0.4, 0.5) is 0 Å². The van der Waals surface area contributed by atoms with Crippen molar-refractivity contribution in [1.82, 2.24) is 0 Å². The molecule has 1 fully saturated rings. The molecule has 1 aromatic rings. The number of carbonyl (C=O) groups is 3. The summed E-state index contributed by atoms with van der Waals surface area (Å²) in [6.45, 7) is 5.64. The highest BCUT2D eigenvalue weighted by Crippen LogP contribution is 2.48. The molecule has 1 aliphatic heterocycles. The average molecular weight is 380 g/mol. The molecular weight excluding hydrogens is 356 g/mol. The Morgan fingerprint density at radius 1 is 1.18 bits per heavy atom. The third kappa shape index (κ3) is 3.09. The molecule has 1 aromatic carbocycles. The van der Waals surface area contributed by atoms with Gasteiger partial charge >= 0.3 is 11.9 Å². The maximum Gasteiger partial charge on any atom is 0.310 e. The van der Waals surface area contributed by atoms with Crippen LogP contribution in [-0.2, 0) is 30.3 Å². The van der Waals surface area contributed by atoms with Gasteiger partial charge in [-0.25, -0.2) is 0 Å². The van der Waals surface area contributed by atoms with Gasteiger partial charge in [0, 0.05) is 23.8 Å². The molecule has 0 saturated carbocycles. The van der Waals surface area contributed by atoms with Gasteiger partial charge in [-0.3, -0.25) is 14.4 Å². The highest BCUT2D eigenvalue weighted by atomic mass is 16.6. The second-order valence-electron chi connectivity index (χ2n) is 8.09. The summed E-state index contributed by atoms with van der Waals surface area (Å²) >= 11 is 0. The number of hydrogen-bond acceptors (Lipinski definition) is 5. The zero-order chi connectivity index (χ0) is 20.0. The van der Waals surface area contributed by atoms with E-state index in [0.717, 1.165) is 16.7 Å². The molecule has 1 saturated heterocycles. The van der Waals surface area contributed by atoms with Crippen molar-refractivity contribution in [2.75, 3.05) is 0 Å². The van der Waals surface area contributed by atoms with E-state index in [0.29, 0.717) is 12.0 Å². The molecule has 0 amide bonds. The quantitative estimate of drug-likeness (QED) is 0.754. The van der Waals surface area contributed by atoms with E-state index in [2.05, 4.69) is 0 Å². The third-order valence-corrected chi connectivity index (χ3v) is 6.21. The maximum absolute atomic E-state index is 12.6. The fourth-order valence-corrected chi connectivity index (χ4v) is 4.88. The van der Waals surface area contributed by atoms with Crippen molar-refractivity contribution in [1.29, 1.82) is 0 Å². The number of rotatable bonds is 3. The fourth-order valence-electron chi connectivity index (χ4n) is 4.88. The Morgan fingerprint density at radius 3 is 2.61 bits per heavy atom. The Bertz CT molecular complexity index is 895. The van der Waals surface area contributed by atoms with E-state index in [1.807, 2.05) is 51.1 Å². The number of esters is 2. The lowest BCUT2D eigenvalue weighted by molar-refractivity contribution is -0.152. The topological polar surface area (TPSA) is 69.7 Å². The molecule has 2 aliphatic carbocycles. The third-order valence-electron chi connectivity index (χ3n) is 6.21. The van der Waals surface area contributed by atoms with Crippen molar-refractivity contribution in [3.05, 3.63) is 58.7 Å². The maximum atomic E-state index is 12.6. The van der Waals surface area contributed by atoms with Gasteiger partial charge in [-0.2, -0.15) is 0 Å². The Labute approximate surface area is 164 Å². The van der Waals surface area contributed by atoms with Gasteiger partial charge in [-0.1, -0.05) is 48.4 Å². The van der Waals surface area contributed by atoms with Crippen LogP contribution >= 0.6 is 0 Å². The Hall–Kier alpha value is -2.69. The minimum Gasteiger partial charge on any atom is -0.461 e. The van der Waals surface area contributed by atoms with Crippen LogP contribution in [0.1, 0.15) is 32.8 Å². The molecule has 0 spiro atoms. The number of ketones is 1. The van der Waals surface area contributed by atoms with Gasteiger partial charge in [0.25, 0.3) is 0 Å². The highest BCUT2D eigenvalue weighted by Gasteiger charge is 2.55. The predicted octanol–water partition coefficient (Wildman–Crippen LogP) is 3.18. The van der Waals surface area contributed by atoms with Crippen molar-refractivity contribution in [3.8, 4) is 0 Å². The Morgan fingerprint density at radius 2 is 1.89 bits per heavy atom. The van der Waals surface area contributed by atoms with Gasteiger partial charge in [0.2, 0.25) is 0 Å². The molecule has 0 N–H and O–H groups in total. The van der Waals surface area contributed by atoms with Crippen molar-refractivity contribution in [2.45, 2.75) is 45.8 Å². The summed E-state index contributed by atoms with van der Waals surface area (Å²) in [4.78, 5) is 37.5. The van der Waals surface area contributed by atoms with E-state index in [4.69, 9.17) is 9.47 Å². The molecular formula is C23H24O5. The molecule has 5 atom stereocenters. The summed E-state index contributed by atoms with van der Waals surface area (Å²) in [6, 6.07) is 9.42. The smallest absolute Gasteiger partial charge is 0.310 e. The van der Waals surface area contributed by atoms with Gasteiger partial charge in [-0.05, 0) is 25.5 Å². The molecule has 1 heterocycles. The zero-order valence-corrected chi connectivity index (χ0v) is 16.3. The monoisotopic (exact) mass is 380 g/mol. The second kappa shape index (κ2) is 7.04. The van der Waals surface area contributed by atoms with Gasteiger partial charge in [0.1, 0.15) is 12.2 Å². The number of benzene rings is 1. The number of fused-ring (bicyclic) bond motifs is 3. The van der Waals surface area contributed by atoms with E-state index in [1.165, 1.54) is 0 Å². The summed E-state index contributed by atoms with van der Waals surface area (Å²) in [7, 11) is 0. The molecule has 0 radical (unpaired) electrons. The molecule has 0 bridgehead atoms. The van der Waals surface area contributed by atoms with Crippen LogP contribution < -0.4 is 0 Å². The van der Waals surface area contributed by atoms with Crippen LogP contribution in [0, 0.1) is 17.8 Å². The number of carbonyl (C=O) groups excluding carboxylic acids is 3. The first-order chi connectivity index (χ1) is 13.4. The standard InChI is InChI=1S/C23H24O5/c1-12-9-16(24)19-13(2)10-17(21-14(3)23(26)28-22(21)20(12)19)27-18(25)11-15-7-5-4-6-8-15/h4-9,14,17,20-22H,10-11H2,1-3H3/t14-,17-,20?,21?,22+/m0/s1. The van der Waals surface area contributed by atoms with Gasteiger partial charge in [0.15, 0.2) is 5.78 Å². The van der Waals surface area contributed by atoms with Crippen LogP contribution in [0.3, 0.4) is 0 Å². The van der Waals surface area contributed by atoms with Crippen molar-refractivity contribution >= 4 is 17.7 Å². The van der Waals surface area contributed by atoms with Crippen LogP contribution in [0.15, 0.2) is 53.1 Å². The molecule has 2 unspecified atom stereocenters. The van der Waals surface area contributed by atoms with Gasteiger partial charge in [0.05, 0.1) is 12.3 Å². The van der Waals surface area contributed by atoms with Crippen LogP contribution in [0.5, 0.6) is 0 Å². The van der Waals surface area contributed by atoms with E-state index < -0.39 is 12.2 Å². The van der Waals surface area contributed by atoms with Crippen molar-refractivity contribution in [3.63, 3.8) is 0 Å². The van der Waals surface area contributed by atoms with Crippen LogP contribution in [0.25, 0.3) is 0 Å². The van der Waals surface area contributed by atoms with E-state index in [-0.39, 0.29) is 41.9 Å². The zero-order valence-electron chi connectivity index (χ0n) is 16.3. The van der Waals surface area contributed by atoms with E-state index in [9.17, 15) is 14.4 Å². The summed E-state index contributed by atoms with van der Waals surface area (Å²) in [6.07, 6.45) is 1.31. The Balaban J connectivity index is 1.63. The van der Waals surface area contributed by atoms with Crippen LogP contribution in [-0.4, -0.2) is 29.9 Å². The minimum atomic E-state index is -0.485. The molecule has 0 aromatic heterocycles. The molecule has 28 heavy (non-hydrogen) atoms. The highest BCUT2D eigenvalue weighted by molar-refractivity contribution is 6.09. The average Bonchev–Trinajstić information content (AvgIpc) is 3.05. The number of allylic oxidation sites excluding steroid dienone is 1. The lowest BCUT2D eigenvalue weighted by atomic mass is 9.79. The largest absolute Gasteiger partial charge is 0.461 e. The molecule has 3 aliphatic rings. The molecule has 5 nitrogen and oxygen atoms in total. The summed E-state index contributed by atoms with van der Waals surface area (Å²) in [5.41, 5.74) is 3.41. The van der Waals surface area contributed by atoms with Gasteiger partial charge < -0.3 is 9.47 Å². The van der Waals surface area contributed by atoms with E-state index >= 15 is 0 Å². The number of hydrogen-bond donors (Lipinski definition) is 0. The first-order valence-corrected chi connectivity index (χ1v) is 9.73. The molecule has 146 valence electrons. The second-order valence-corrected chi connectivity index (χ2v) is 8.09. The van der Waals surface area contributed by atoms with Gasteiger partial charge in [-0.15, -0.1) is 0 Å². The van der Waals surface area contributed by atoms with E-state index in [1.54, 1.807) is 6.08 Å². The lowest BCUT2D eigenvalue weighted by Gasteiger charge is -2.29. The normalized spacial score (nSPS) is 31.7. The molecule has 4 rings (SSSR count). The fraction of sp³-hybridized carbons (Fsp3) is 0.435. The molecule has 5 heteroatoms. The summed E-state index contributed by atoms with van der Waals surface area (Å²) in [5.74, 6) is -1.51. The minimum absolute atomic E-state index is 0.0226. The summed E-state index contributed by atoms with van der Waals surface area (Å²) in [5, 5.41) is 0. The SMILES string of the molecule is CC1=CC(=O)C2=C(C)C[C@H](OC(=O)Cc3ccccc3)C3[C@H](OC(=O)[C@H]3C)C12. The Kier molecular flexibility index (Phi) is 4.69.